The van der Waals surface area contributed by atoms with Gasteiger partial charge in [-0.15, -0.1) is 0 Å². The molecule has 0 fully saturated rings. The molecule has 4 nitrogen and oxygen atoms in total. The molecule has 1 aromatic rings. The second kappa shape index (κ2) is 7.38. The Morgan fingerprint density at radius 1 is 1.27 bits per heavy atom. The monoisotopic (exact) mass is 309 g/mol. The van der Waals surface area contributed by atoms with Gasteiger partial charge in [0.05, 0.1) is 6.42 Å². The van der Waals surface area contributed by atoms with Crippen molar-refractivity contribution in [2.24, 2.45) is 5.92 Å². The number of benzene rings is 1. The largest absolute Gasteiger partial charge is 0.481 e. The number of carboxylic acids is 1. The summed E-state index contributed by atoms with van der Waals surface area (Å²) >= 11 is 0. The lowest BCUT2D eigenvalue weighted by atomic mass is 9.84. The molecular formula is C17H24FNO3. The number of amides is 1. The third kappa shape index (κ3) is 4.83. The molecule has 2 N–H and O–H groups in total. The van der Waals surface area contributed by atoms with E-state index in [2.05, 4.69) is 5.32 Å². The van der Waals surface area contributed by atoms with Crippen LogP contribution in [0.3, 0.4) is 0 Å². The Morgan fingerprint density at radius 2 is 1.86 bits per heavy atom. The molecule has 1 aromatic carbocycles. The van der Waals surface area contributed by atoms with Crippen LogP contribution in [0.1, 0.15) is 52.0 Å². The fourth-order valence-electron chi connectivity index (χ4n) is 2.34. The summed E-state index contributed by atoms with van der Waals surface area (Å²) in [7, 11) is 0. The highest BCUT2D eigenvalue weighted by Gasteiger charge is 2.33. The molecular weight excluding hydrogens is 285 g/mol. The van der Waals surface area contributed by atoms with Crippen molar-refractivity contribution in [2.45, 2.75) is 52.0 Å². The number of carboxylic acid groups (broad SMARTS) is 1. The van der Waals surface area contributed by atoms with Crippen LogP contribution in [0.4, 0.5) is 4.39 Å². The predicted molar refractivity (Wildman–Crippen MR) is 83.1 cm³/mol. The van der Waals surface area contributed by atoms with E-state index in [4.69, 9.17) is 5.11 Å². The first-order valence-corrected chi connectivity index (χ1v) is 7.43. The number of hydrogen-bond donors (Lipinski definition) is 2. The standard InChI is InChI=1S/C17H24FNO3/c1-11(2)17(4,10-16(21)22)19-15(20)9-12(3)13-7-5-6-8-14(13)18/h5-8,11-12H,9-10H2,1-4H3,(H,19,20)(H,21,22). The van der Waals surface area contributed by atoms with Gasteiger partial charge in [0, 0.05) is 12.0 Å². The van der Waals surface area contributed by atoms with E-state index >= 15 is 0 Å². The maximum Gasteiger partial charge on any atom is 0.305 e. The zero-order valence-corrected chi connectivity index (χ0v) is 13.5. The Morgan fingerprint density at radius 3 is 2.36 bits per heavy atom. The van der Waals surface area contributed by atoms with Crippen molar-refractivity contribution in [3.63, 3.8) is 0 Å². The summed E-state index contributed by atoms with van der Waals surface area (Å²) in [5.41, 5.74) is -0.333. The van der Waals surface area contributed by atoms with E-state index in [1.807, 2.05) is 13.8 Å². The molecule has 0 radical (unpaired) electrons. The van der Waals surface area contributed by atoms with Crippen molar-refractivity contribution in [3.8, 4) is 0 Å². The molecule has 1 rings (SSSR count). The Labute approximate surface area is 130 Å². The average Bonchev–Trinajstić information content (AvgIpc) is 2.37. The quantitative estimate of drug-likeness (QED) is 0.812. The normalized spacial score (nSPS) is 15.2. The highest BCUT2D eigenvalue weighted by atomic mass is 19.1. The molecule has 0 aliphatic rings. The smallest absolute Gasteiger partial charge is 0.305 e. The third-order valence-corrected chi connectivity index (χ3v) is 4.15. The lowest BCUT2D eigenvalue weighted by molar-refractivity contribution is -0.139. The van der Waals surface area contributed by atoms with Gasteiger partial charge in [0.25, 0.3) is 0 Å². The number of halogens is 1. The number of carbonyl (C=O) groups excluding carboxylic acids is 1. The molecule has 0 aromatic heterocycles. The second-order valence-corrected chi connectivity index (χ2v) is 6.32. The fourth-order valence-corrected chi connectivity index (χ4v) is 2.34. The van der Waals surface area contributed by atoms with Gasteiger partial charge in [0.15, 0.2) is 0 Å². The van der Waals surface area contributed by atoms with Crippen molar-refractivity contribution in [2.75, 3.05) is 0 Å². The third-order valence-electron chi connectivity index (χ3n) is 4.15. The first-order chi connectivity index (χ1) is 10.2. The number of carbonyl (C=O) groups is 2. The fraction of sp³-hybridized carbons (Fsp3) is 0.529. The summed E-state index contributed by atoms with van der Waals surface area (Å²) in [5, 5.41) is 11.8. The van der Waals surface area contributed by atoms with E-state index in [0.717, 1.165) is 0 Å². The maximum absolute atomic E-state index is 13.7. The summed E-state index contributed by atoms with van der Waals surface area (Å²) in [4.78, 5) is 23.2. The van der Waals surface area contributed by atoms with E-state index in [9.17, 15) is 14.0 Å². The molecule has 2 atom stereocenters. The van der Waals surface area contributed by atoms with Crippen molar-refractivity contribution < 1.29 is 19.1 Å². The molecule has 22 heavy (non-hydrogen) atoms. The second-order valence-electron chi connectivity index (χ2n) is 6.32. The molecule has 122 valence electrons. The van der Waals surface area contributed by atoms with Crippen LogP contribution in [0.5, 0.6) is 0 Å². The van der Waals surface area contributed by atoms with Crippen LogP contribution >= 0.6 is 0 Å². The predicted octanol–water partition coefficient (Wildman–Crippen LogP) is 3.32. The topological polar surface area (TPSA) is 66.4 Å². The van der Waals surface area contributed by atoms with Crippen LogP contribution in [-0.2, 0) is 9.59 Å². The molecule has 2 unspecified atom stereocenters. The highest BCUT2D eigenvalue weighted by Crippen LogP contribution is 2.24. The van der Waals surface area contributed by atoms with Gasteiger partial charge in [-0.1, -0.05) is 39.0 Å². The minimum atomic E-state index is -0.960. The van der Waals surface area contributed by atoms with Gasteiger partial charge in [-0.25, -0.2) is 4.39 Å². The molecule has 0 aliphatic carbocycles. The lowest BCUT2D eigenvalue weighted by Gasteiger charge is -2.34. The molecule has 0 heterocycles. The zero-order chi connectivity index (χ0) is 16.9. The summed E-state index contributed by atoms with van der Waals surface area (Å²) < 4.78 is 13.7. The van der Waals surface area contributed by atoms with Gasteiger partial charge in [0.1, 0.15) is 5.82 Å². The van der Waals surface area contributed by atoms with E-state index in [0.29, 0.717) is 5.56 Å². The summed E-state index contributed by atoms with van der Waals surface area (Å²) in [6.45, 7) is 7.23. The van der Waals surface area contributed by atoms with Crippen LogP contribution in [0, 0.1) is 11.7 Å². The molecule has 0 saturated heterocycles. The Bertz CT molecular complexity index is 544. The van der Waals surface area contributed by atoms with Gasteiger partial charge < -0.3 is 10.4 Å². The average molecular weight is 309 g/mol. The molecule has 5 heteroatoms. The Kier molecular flexibility index (Phi) is 6.09. The van der Waals surface area contributed by atoms with Crippen LogP contribution in [0.25, 0.3) is 0 Å². The van der Waals surface area contributed by atoms with Crippen molar-refractivity contribution in [3.05, 3.63) is 35.6 Å². The molecule has 0 saturated carbocycles. The van der Waals surface area contributed by atoms with Gasteiger partial charge in [-0.05, 0) is 30.4 Å². The maximum atomic E-state index is 13.7. The Hall–Kier alpha value is -1.91. The molecule has 0 spiro atoms. The van der Waals surface area contributed by atoms with Crippen LogP contribution < -0.4 is 5.32 Å². The van der Waals surface area contributed by atoms with Crippen LogP contribution in [-0.4, -0.2) is 22.5 Å². The number of hydrogen-bond acceptors (Lipinski definition) is 2. The highest BCUT2D eigenvalue weighted by molar-refractivity contribution is 5.79. The van der Waals surface area contributed by atoms with E-state index in [1.165, 1.54) is 6.07 Å². The van der Waals surface area contributed by atoms with Crippen LogP contribution in [0.15, 0.2) is 24.3 Å². The van der Waals surface area contributed by atoms with Gasteiger partial charge >= 0.3 is 5.97 Å². The molecule has 1 amide bonds. The summed E-state index contributed by atoms with van der Waals surface area (Å²) in [6, 6.07) is 6.36. The molecule has 0 bridgehead atoms. The van der Waals surface area contributed by atoms with Crippen molar-refractivity contribution in [1.82, 2.24) is 5.32 Å². The Balaban J connectivity index is 2.76. The summed E-state index contributed by atoms with van der Waals surface area (Å²) in [5.74, 6) is -1.87. The summed E-state index contributed by atoms with van der Waals surface area (Å²) in [6.07, 6.45) is -0.0344. The minimum absolute atomic E-state index is 0.0312. The van der Waals surface area contributed by atoms with E-state index < -0.39 is 11.5 Å². The lowest BCUT2D eigenvalue weighted by Crippen LogP contribution is -2.51. The van der Waals surface area contributed by atoms with Crippen molar-refractivity contribution in [1.29, 1.82) is 0 Å². The zero-order valence-electron chi connectivity index (χ0n) is 13.5. The number of aliphatic carboxylic acids is 1. The van der Waals surface area contributed by atoms with Gasteiger partial charge in [-0.2, -0.15) is 0 Å². The number of nitrogens with one attached hydrogen (secondary N) is 1. The molecule has 0 aliphatic heterocycles. The van der Waals surface area contributed by atoms with E-state index in [1.54, 1.807) is 32.0 Å². The van der Waals surface area contributed by atoms with Gasteiger partial charge in [0.2, 0.25) is 5.91 Å². The number of rotatable bonds is 7. The van der Waals surface area contributed by atoms with Gasteiger partial charge in [-0.3, -0.25) is 9.59 Å². The SMILES string of the molecule is CC(CC(=O)NC(C)(CC(=O)O)C(C)C)c1ccccc1F. The first-order valence-electron chi connectivity index (χ1n) is 7.43. The van der Waals surface area contributed by atoms with Crippen molar-refractivity contribution >= 4 is 11.9 Å². The first kappa shape index (κ1) is 18.1. The van der Waals surface area contributed by atoms with Crippen LogP contribution in [0.2, 0.25) is 0 Å². The van der Waals surface area contributed by atoms with E-state index in [-0.39, 0.29) is 36.4 Å². The minimum Gasteiger partial charge on any atom is -0.481 e.